The van der Waals surface area contributed by atoms with E-state index >= 15 is 0 Å². The highest BCUT2D eigenvalue weighted by Gasteiger charge is 2.34. The molecular formula is C13H19N3O2. The number of esters is 1. The van der Waals surface area contributed by atoms with Gasteiger partial charge in [-0.15, -0.1) is 0 Å². The summed E-state index contributed by atoms with van der Waals surface area (Å²) in [5, 5.41) is 4.42. The number of rotatable bonds is 3. The van der Waals surface area contributed by atoms with Crippen molar-refractivity contribution in [2.45, 2.75) is 50.5 Å². The minimum Gasteiger partial charge on any atom is -0.464 e. The lowest BCUT2D eigenvalue weighted by Gasteiger charge is -2.28. The van der Waals surface area contributed by atoms with E-state index in [1.54, 1.807) is 0 Å². The highest BCUT2D eigenvalue weighted by Crippen LogP contribution is 2.43. The third-order valence-electron chi connectivity index (χ3n) is 4.30. The number of carbonyl (C=O) groups is 1. The van der Waals surface area contributed by atoms with E-state index in [9.17, 15) is 4.79 Å². The molecule has 0 spiro atoms. The maximum absolute atomic E-state index is 11.8. The van der Waals surface area contributed by atoms with Crippen LogP contribution in [0.3, 0.4) is 0 Å². The number of hydrogen-bond acceptors (Lipinski definition) is 4. The summed E-state index contributed by atoms with van der Waals surface area (Å²) < 4.78 is 6.68. The number of methoxy groups -OCH3 is 1. The van der Waals surface area contributed by atoms with Crippen LogP contribution in [0.25, 0.3) is 0 Å². The molecule has 2 fully saturated rings. The molecule has 0 aromatic carbocycles. The second kappa shape index (κ2) is 4.30. The van der Waals surface area contributed by atoms with Gasteiger partial charge in [0.15, 0.2) is 5.69 Å². The normalized spacial score (nSPS) is 20.3. The molecule has 2 saturated carbocycles. The lowest BCUT2D eigenvalue weighted by atomic mass is 9.79. The van der Waals surface area contributed by atoms with Crippen molar-refractivity contribution in [1.82, 2.24) is 9.78 Å². The topological polar surface area (TPSA) is 70.1 Å². The molecule has 1 aromatic rings. The van der Waals surface area contributed by atoms with Crippen LogP contribution in [0.5, 0.6) is 0 Å². The Bertz CT molecular complexity index is 473. The summed E-state index contributed by atoms with van der Waals surface area (Å²) in [4.78, 5) is 11.8. The van der Waals surface area contributed by atoms with E-state index in [1.165, 1.54) is 20.0 Å². The second-order valence-corrected chi connectivity index (χ2v) is 5.30. The summed E-state index contributed by atoms with van der Waals surface area (Å²) in [6.07, 6.45) is 6.85. The van der Waals surface area contributed by atoms with E-state index < -0.39 is 0 Å². The van der Waals surface area contributed by atoms with Crippen LogP contribution in [0.4, 0.5) is 5.82 Å². The van der Waals surface area contributed by atoms with Crippen molar-refractivity contribution in [2.24, 2.45) is 0 Å². The Morgan fingerprint density at radius 1 is 1.33 bits per heavy atom. The van der Waals surface area contributed by atoms with Gasteiger partial charge in [-0.05, 0) is 38.0 Å². The van der Waals surface area contributed by atoms with Crippen LogP contribution in [0.15, 0.2) is 0 Å². The van der Waals surface area contributed by atoms with E-state index in [2.05, 4.69) is 5.10 Å². The number of nitrogens with two attached hydrogens (primary N) is 1. The molecule has 2 aliphatic rings. The molecule has 2 aliphatic carbocycles. The average molecular weight is 249 g/mol. The van der Waals surface area contributed by atoms with Gasteiger partial charge in [-0.25, -0.2) is 9.48 Å². The Labute approximate surface area is 106 Å². The number of aromatic nitrogens is 2. The third kappa shape index (κ3) is 1.61. The maximum atomic E-state index is 11.8. The van der Waals surface area contributed by atoms with E-state index in [0.29, 0.717) is 23.5 Å². The van der Waals surface area contributed by atoms with Gasteiger partial charge in [0.25, 0.3) is 0 Å². The van der Waals surface area contributed by atoms with Crippen molar-refractivity contribution in [3.8, 4) is 0 Å². The summed E-state index contributed by atoms with van der Waals surface area (Å²) >= 11 is 0. The van der Waals surface area contributed by atoms with Crippen molar-refractivity contribution in [2.75, 3.05) is 12.8 Å². The first kappa shape index (κ1) is 11.6. The van der Waals surface area contributed by atoms with Crippen molar-refractivity contribution in [3.63, 3.8) is 0 Å². The maximum Gasteiger partial charge on any atom is 0.358 e. The van der Waals surface area contributed by atoms with Gasteiger partial charge in [-0.1, -0.05) is 6.42 Å². The van der Waals surface area contributed by atoms with Gasteiger partial charge in [-0.3, -0.25) is 0 Å². The minimum atomic E-state index is -0.360. The fourth-order valence-corrected chi connectivity index (χ4v) is 2.72. The van der Waals surface area contributed by atoms with Gasteiger partial charge in [0.05, 0.1) is 13.2 Å². The largest absolute Gasteiger partial charge is 0.464 e. The average Bonchev–Trinajstić information content (AvgIpc) is 2.53. The first-order valence-corrected chi connectivity index (χ1v) is 6.68. The summed E-state index contributed by atoms with van der Waals surface area (Å²) in [6.45, 7) is 0. The molecule has 0 bridgehead atoms. The molecule has 18 heavy (non-hydrogen) atoms. The predicted molar refractivity (Wildman–Crippen MR) is 67.5 cm³/mol. The molecule has 0 saturated heterocycles. The quantitative estimate of drug-likeness (QED) is 0.834. The Balaban J connectivity index is 2.01. The number of anilines is 1. The van der Waals surface area contributed by atoms with E-state index in [1.807, 2.05) is 4.68 Å². The standard InChI is InChI=1S/C13H19N3O2/c1-18-13(17)11-10(8-4-2-5-8)12(14)16(15-11)9-6-3-7-9/h8-9H,2-7,14H2,1H3. The molecule has 5 nitrogen and oxygen atoms in total. The van der Waals surface area contributed by atoms with Crippen molar-refractivity contribution >= 4 is 11.8 Å². The molecule has 0 atom stereocenters. The number of ether oxygens (including phenoxy) is 1. The van der Waals surface area contributed by atoms with Gasteiger partial charge in [0.1, 0.15) is 5.82 Å². The number of nitrogens with zero attached hydrogens (tertiary/aromatic N) is 2. The van der Waals surface area contributed by atoms with E-state index in [4.69, 9.17) is 10.5 Å². The van der Waals surface area contributed by atoms with Crippen LogP contribution in [0.1, 0.15) is 66.5 Å². The molecule has 2 N–H and O–H groups in total. The first-order valence-electron chi connectivity index (χ1n) is 6.68. The summed E-state index contributed by atoms with van der Waals surface area (Å²) in [7, 11) is 1.39. The van der Waals surface area contributed by atoms with E-state index in [-0.39, 0.29) is 5.97 Å². The molecule has 5 heteroatoms. The first-order chi connectivity index (χ1) is 8.72. The van der Waals surface area contributed by atoms with E-state index in [0.717, 1.165) is 31.2 Å². The van der Waals surface area contributed by atoms with Crippen LogP contribution in [0.2, 0.25) is 0 Å². The fourth-order valence-electron chi connectivity index (χ4n) is 2.72. The molecule has 98 valence electrons. The third-order valence-corrected chi connectivity index (χ3v) is 4.30. The molecular weight excluding hydrogens is 230 g/mol. The zero-order valence-electron chi connectivity index (χ0n) is 10.7. The van der Waals surface area contributed by atoms with Crippen molar-refractivity contribution < 1.29 is 9.53 Å². The van der Waals surface area contributed by atoms with Crippen LogP contribution >= 0.6 is 0 Å². The summed E-state index contributed by atoms with van der Waals surface area (Å²) in [6, 6.07) is 0.377. The molecule has 0 aliphatic heterocycles. The van der Waals surface area contributed by atoms with Gasteiger partial charge < -0.3 is 10.5 Å². The van der Waals surface area contributed by atoms with Crippen LogP contribution in [-0.2, 0) is 4.74 Å². The van der Waals surface area contributed by atoms with Gasteiger partial charge in [0.2, 0.25) is 0 Å². The van der Waals surface area contributed by atoms with Crippen LogP contribution in [-0.4, -0.2) is 22.9 Å². The molecule has 1 aromatic heterocycles. The summed E-state index contributed by atoms with van der Waals surface area (Å²) in [5.74, 6) is 0.722. The van der Waals surface area contributed by atoms with Gasteiger partial charge >= 0.3 is 5.97 Å². The zero-order valence-corrected chi connectivity index (χ0v) is 10.7. The molecule has 3 rings (SSSR count). The number of carbonyl (C=O) groups excluding carboxylic acids is 1. The second-order valence-electron chi connectivity index (χ2n) is 5.30. The lowest BCUT2D eigenvalue weighted by Crippen LogP contribution is -2.20. The summed E-state index contributed by atoms with van der Waals surface area (Å²) in [5.41, 5.74) is 7.58. The molecule has 0 radical (unpaired) electrons. The molecule has 0 unspecified atom stereocenters. The molecule has 0 amide bonds. The predicted octanol–water partition coefficient (Wildman–Crippen LogP) is 2.24. The van der Waals surface area contributed by atoms with Crippen LogP contribution in [0, 0.1) is 0 Å². The fraction of sp³-hybridized carbons (Fsp3) is 0.692. The van der Waals surface area contributed by atoms with Crippen LogP contribution < -0.4 is 5.73 Å². The Hall–Kier alpha value is -1.52. The van der Waals surface area contributed by atoms with Crippen molar-refractivity contribution in [3.05, 3.63) is 11.3 Å². The Morgan fingerprint density at radius 3 is 2.44 bits per heavy atom. The Morgan fingerprint density at radius 2 is 2.00 bits per heavy atom. The zero-order chi connectivity index (χ0) is 12.7. The smallest absolute Gasteiger partial charge is 0.358 e. The Kier molecular flexibility index (Phi) is 2.76. The number of hydrogen-bond donors (Lipinski definition) is 1. The lowest BCUT2D eigenvalue weighted by molar-refractivity contribution is 0.0589. The van der Waals surface area contributed by atoms with Gasteiger partial charge in [-0.2, -0.15) is 5.10 Å². The highest BCUT2D eigenvalue weighted by molar-refractivity contribution is 5.90. The van der Waals surface area contributed by atoms with Gasteiger partial charge in [0, 0.05) is 5.56 Å². The minimum absolute atomic E-state index is 0.360. The monoisotopic (exact) mass is 249 g/mol. The molecule has 1 heterocycles. The SMILES string of the molecule is COC(=O)c1nn(C2CCC2)c(N)c1C1CCC1. The number of nitrogen functional groups attached to an aromatic ring is 1. The highest BCUT2D eigenvalue weighted by atomic mass is 16.5. The van der Waals surface area contributed by atoms with Crippen molar-refractivity contribution in [1.29, 1.82) is 0 Å².